The third kappa shape index (κ3) is 3.76. The summed E-state index contributed by atoms with van der Waals surface area (Å²) in [4.78, 5) is 14.7. The molecular formula is C39H25N5. The van der Waals surface area contributed by atoms with Crippen LogP contribution in [0.3, 0.4) is 0 Å². The van der Waals surface area contributed by atoms with Gasteiger partial charge in [0.1, 0.15) is 0 Å². The summed E-state index contributed by atoms with van der Waals surface area (Å²) in [7, 11) is 0. The quantitative estimate of drug-likeness (QED) is 0.212. The van der Waals surface area contributed by atoms with E-state index in [4.69, 9.17) is 20.4 Å². The Morgan fingerprint density at radius 3 is 1.45 bits per heavy atom. The summed E-state index contributed by atoms with van der Waals surface area (Å²) in [6, 6.07) is 35.0. The van der Waals surface area contributed by atoms with Crippen LogP contribution in [0.2, 0.25) is 0 Å². The molecule has 5 heteroatoms. The van der Waals surface area contributed by atoms with Crippen LogP contribution in [0.15, 0.2) is 152 Å². The maximum absolute atomic E-state index is 9.89. The van der Waals surface area contributed by atoms with E-state index in [1.54, 1.807) is 16.7 Å². The van der Waals surface area contributed by atoms with Gasteiger partial charge in [-0.3, -0.25) is 4.57 Å². The Kier molecular flexibility index (Phi) is 4.25. The fourth-order valence-corrected chi connectivity index (χ4v) is 5.88. The van der Waals surface area contributed by atoms with Crippen LogP contribution in [-0.4, -0.2) is 24.1 Å². The third-order valence-electron chi connectivity index (χ3n) is 7.85. The smallest absolute Gasteiger partial charge is 0.238 e. The highest BCUT2D eigenvalue weighted by Crippen LogP contribution is 2.39. The van der Waals surface area contributed by atoms with Crippen molar-refractivity contribution >= 4 is 43.6 Å². The molecule has 0 amide bonds. The van der Waals surface area contributed by atoms with Gasteiger partial charge in [-0.05, 0) is 36.3 Å². The van der Waals surface area contributed by atoms with Gasteiger partial charge in [0.05, 0.1) is 30.3 Å². The van der Waals surface area contributed by atoms with Gasteiger partial charge in [0.2, 0.25) is 5.95 Å². The first-order valence-corrected chi connectivity index (χ1v) is 14.2. The molecule has 206 valence electrons. The molecule has 0 radical (unpaired) electrons. The molecule has 0 bridgehead atoms. The zero-order valence-corrected chi connectivity index (χ0v) is 23.2. The molecule has 0 N–H and O–H groups in total. The van der Waals surface area contributed by atoms with E-state index in [-0.39, 0.29) is 47.7 Å². The first kappa shape index (κ1) is 19.2. The Morgan fingerprint density at radius 2 is 0.909 bits per heavy atom. The topological polar surface area (TPSA) is 48.5 Å². The molecule has 0 aliphatic carbocycles. The van der Waals surface area contributed by atoms with E-state index in [2.05, 4.69) is 0 Å². The summed E-state index contributed by atoms with van der Waals surface area (Å²) >= 11 is 0. The van der Waals surface area contributed by atoms with Crippen molar-refractivity contribution in [2.75, 3.05) is 0 Å². The monoisotopic (exact) mass is 569 g/mol. The standard InChI is InChI=1S/C39H25N5/c1-4-14-26(15-5-1)37-40-38(27-16-6-2-7-17-27)42-39(41-37)44-34-23-13-11-21-30(34)32-24-35-31(25-36(32)44)29-20-10-12-22-33(29)43(35)28-18-8-3-9-19-28/h1-25H/i10D,11D,22D,23D,24D,25D. The molecule has 0 aliphatic heterocycles. The molecule has 3 heterocycles. The van der Waals surface area contributed by atoms with Crippen LogP contribution in [-0.2, 0) is 0 Å². The van der Waals surface area contributed by atoms with Crippen molar-refractivity contribution in [3.05, 3.63) is 152 Å². The van der Waals surface area contributed by atoms with Gasteiger partial charge in [0, 0.05) is 38.4 Å². The van der Waals surface area contributed by atoms with Crippen LogP contribution in [0.25, 0.3) is 78.0 Å². The lowest BCUT2D eigenvalue weighted by molar-refractivity contribution is 0.954. The van der Waals surface area contributed by atoms with E-state index in [0.29, 0.717) is 55.4 Å². The number of nitrogens with zero attached hydrogens (tertiary/aromatic N) is 5. The lowest BCUT2D eigenvalue weighted by Crippen LogP contribution is -2.06. The Labute approximate surface area is 261 Å². The highest BCUT2D eigenvalue weighted by molar-refractivity contribution is 6.18. The van der Waals surface area contributed by atoms with E-state index >= 15 is 0 Å². The fourth-order valence-electron chi connectivity index (χ4n) is 5.88. The molecule has 0 atom stereocenters. The zero-order chi connectivity index (χ0) is 34.3. The second kappa shape index (κ2) is 9.75. The Balaban J connectivity index is 1.51. The first-order valence-electron chi connectivity index (χ1n) is 17.2. The molecule has 3 aromatic heterocycles. The highest BCUT2D eigenvalue weighted by atomic mass is 15.2. The van der Waals surface area contributed by atoms with Crippen molar-refractivity contribution in [1.29, 1.82) is 0 Å². The minimum Gasteiger partial charge on any atom is -0.309 e. The number of para-hydroxylation sites is 3. The Hall–Kier alpha value is -6.07. The van der Waals surface area contributed by atoms with Gasteiger partial charge in [-0.1, -0.05) is 115 Å². The van der Waals surface area contributed by atoms with Gasteiger partial charge in [-0.25, -0.2) is 4.98 Å². The maximum atomic E-state index is 9.89. The van der Waals surface area contributed by atoms with Crippen LogP contribution >= 0.6 is 0 Å². The Bertz CT molecular complexity index is 2760. The number of fused-ring (bicyclic) bond motifs is 6. The normalized spacial score (nSPS) is 13.5. The molecule has 0 unspecified atom stereocenters. The van der Waals surface area contributed by atoms with Gasteiger partial charge >= 0.3 is 0 Å². The van der Waals surface area contributed by atoms with E-state index < -0.39 is 0 Å². The lowest BCUT2D eigenvalue weighted by atomic mass is 10.1. The van der Waals surface area contributed by atoms with Gasteiger partial charge in [0.15, 0.2) is 11.6 Å². The van der Waals surface area contributed by atoms with Crippen molar-refractivity contribution in [3.8, 4) is 34.4 Å². The number of hydrogen-bond acceptors (Lipinski definition) is 3. The summed E-state index contributed by atoms with van der Waals surface area (Å²) in [5, 5.41) is 1.70. The van der Waals surface area contributed by atoms with Crippen LogP contribution in [0.5, 0.6) is 0 Å². The highest BCUT2D eigenvalue weighted by Gasteiger charge is 2.20. The van der Waals surface area contributed by atoms with Crippen LogP contribution < -0.4 is 0 Å². The summed E-state index contributed by atoms with van der Waals surface area (Å²) in [5.74, 6) is 0.945. The van der Waals surface area contributed by atoms with E-state index in [1.807, 2.05) is 95.6 Å². The number of benzene rings is 6. The largest absolute Gasteiger partial charge is 0.309 e. The van der Waals surface area contributed by atoms with E-state index in [0.717, 1.165) is 11.1 Å². The van der Waals surface area contributed by atoms with Crippen molar-refractivity contribution in [2.45, 2.75) is 0 Å². The van der Waals surface area contributed by atoms with E-state index in [1.165, 1.54) is 12.1 Å². The summed E-state index contributed by atoms with van der Waals surface area (Å²) in [6.07, 6.45) is 0. The summed E-state index contributed by atoms with van der Waals surface area (Å²) in [6.45, 7) is 0. The Morgan fingerprint density at radius 1 is 0.432 bits per heavy atom. The third-order valence-corrected chi connectivity index (χ3v) is 7.85. The van der Waals surface area contributed by atoms with Gasteiger partial charge in [0.25, 0.3) is 0 Å². The van der Waals surface area contributed by atoms with E-state index in [9.17, 15) is 2.74 Å². The SMILES string of the molecule is [2H]c1cc([2H])c2c(c1)c1c([2H])c3c(c([2H])c1n2-c1ccccc1)c1cc([2H])cc([2H])c1n3-c1nc(-c2ccccc2)nc(-c2ccccc2)n1. The van der Waals surface area contributed by atoms with Crippen molar-refractivity contribution < 1.29 is 8.22 Å². The predicted molar refractivity (Wildman–Crippen MR) is 179 cm³/mol. The average molecular weight is 570 g/mol. The second-order valence-electron chi connectivity index (χ2n) is 10.4. The summed E-state index contributed by atoms with van der Waals surface area (Å²) in [5.41, 5.74) is 3.72. The summed E-state index contributed by atoms with van der Waals surface area (Å²) < 4.78 is 58.3. The molecule has 5 nitrogen and oxygen atoms in total. The molecule has 9 aromatic rings. The van der Waals surface area contributed by atoms with Gasteiger partial charge in [-0.2, -0.15) is 9.97 Å². The molecule has 0 saturated carbocycles. The van der Waals surface area contributed by atoms with Crippen molar-refractivity contribution in [1.82, 2.24) is 24.1 Å². The number of rotatable bonds is 4. The predicted octanol–water partition coefficient (Wildman–Crippen LogP) is 9.40. The molecule has 0 spiro atoms. The van der Waals surface area contributed by atoms with Gasteiger partial charge < -0.3 is 4.57 Å². The molecular weight excluding hydrogens is 538 g/mol. The number of aromatic nitrogens is 5. The van der Waals surface area contributed by atoms with Gasteiger partial charge in [-0.15, -0.1) is 0 Å². The van der Waals surface area contributed by atoms with Crippen LogP contribution in [0.1, 0.15) is 8.22 Å². The van der Waals surface area contributed by atoms with Crippen LogP contribution in [0.4, 0.5) is 0 Å². The first-order chi connectivity index (χ1) is 24.3. The van der Waals surface area contributed by atoms with Crippen molar-refractivity contribution in [2.24, 2.45) is 0 Å². The molecule has 0 aliphatic rings. The minimum atomic E-state index is 0.0211. The van der Waals surface area contributed by atoms with Crippen molar-refractivity contribution in [3.63, 3.8) is 0 Å². The molecule has 6 aromatic carbocycles. The van der Waals surface area contributed by atoms with Crippen LogP contribution in [0, 0.1) is 0 Å². The second-order valence-corrected chi connectivity index (χ2v) is 10.4. The molecule has 9 rings (SSSR count). The maximum Gasteiger partial charge on any atom is 0.238 e. The molecule has 0 fully saturated rings. The zero-order valence-electron chi connectivity index (χ0n) is 29.2. The number of hydrogen-bond donors (Lipinski definition) is 0. The average Bonchev–Trinajstić information content (AvgIpc) is 3.66. The molecule has 44 heavy (non-hydrogen) atoms. The lowest BCUT2D eigenvalue weighted by Gasteiger charge is -2.11. The fraction of sp³-hybridized carbons (Fsp3) is 0. The minimum absolute atomic E-state index is 0.0211. The molecule has 0 saturated heterocycles.